The van der Waals surface area contributed by atoms with Gasteiger partial charge in [0.05, 0.1) is 25.3 Å². The van der Waals surface area contributed by atoms with Crippen molar-refractivity contribution in [3.63, 3.8) is 0 Å². The van der Waals surface area contributed by atoms with Crippen LogP contribution in [0.1, 0.15) is 6.42 Å². The highest BCUT2D eigenvalue weighted by atomic mass is 16.3. The molecule has 2 heterocycles. The summed E-state index contributed by atoms with van der Waals surface area (Å²) >= 11 is 0. The lowest BCUT2D eigenvalue weighted by molar-refractivity contribution is -0.122. The van der Waals surface area contributed by atoms with Crippen molar-refractivity contribution in [3.05, 3.63) is 0 Å². The molecule has 2 aliphatic heterocycles. The number of aliphatic imine (C=N–C) groups is 2. The summed E-state index contributed by atoms with van der Waals surface area (Å²) in [6, 6.07) is -0.801. The smallest absolute Gasteiger partial charge is 0.254 e. The molecule has 0 saturated carbocycles. The van der Waals surface area contributed by atoms with Crippen LogP contribution in [-0.2, 0) is 4.79 Å². The van der Waals surface area contributed by atoms with Gasteiger partial charge in [0.2, 0.25) is 0 Å². The van der Waals surface area contributed by atoms with Crippen LogP contribution in [0.2, 0.25) is 0 Å². The quantitative estimate of drug-likeness (QED) is 0.513. The van der Waals surface area contributed by atoms with Crippen molar-refractivity contribution in [1.82, 2.24) is 10.2 Å². The first kappa shape index (κ1) is 11.0. The second-order valence-electron chi connectivity index (χ2n) is 3.71. The SMILES string of the molecule is O=C1NC=NC2C1N=CN2C(CO)CCO. The Balaban J connectivity index is 2.12. The number of aliphatic hydroxyl groups excluding tert-OH is 2. The number of hydrogen-bond acceptors (Lipinski definition) is 6. The zero-order chi connectivity index (χ0) is 11.5. The minimum Gasteiger partial charge on any atom is -0.396 e. The molecule has 0 fully saturated rings. The Morgan fingerprint density at radius 1 is 1.50 bits per heavy atom. The van der Waals surface area contributed by atoms with Gasteiger partial charge in [-0.15, -0.1) is 0 Å². The Hall–Kier alpha value is -1.47. The Kier molecular flexibility index (Phi) is 3.16. The van der Waals surface area contributed by atoms with E-state index in [0.29, 0.717) is 6.42 Å². The summed E-state index contributed by atoms with van der Waals surface area (Å²) in [4.78, 5) is 21.3. The number of nitrogens with one attached hydrogen (secondary N) is 1. The van der Waals surface area contributed by atoms with Crippen LogP contribution >= 0.6 is 0 Å². The number of hydrogen-bond donors (Lipinski definition) is 3. The van der Waals surface area contributed by atoms with Gasteiger partial charge < -0.3 is 20.4 Å². The second-order valence-corrected chi connectivity index (χ2v) is 3.71. The van der Waals surface area contributed by atoms with Gasteiger partial charge in [-0.2, -0.15) is 0 Å². The predicted molar refractivity (Wildman–Crippen MR) is 57.1 cm³/mol. The number of carbonyl (C=O) groups is 1. The van der Waals surface area contributed by atoms with Gasteiger partial charge in [-0.1, -0.05) is 0 Å². The molecular weight excluding hydrogens is 212 g/mol. The third kappa shape index (κ3) is 1.79. The van der Waals surface area contributed by atoms with Crippen LogP contribution in [0.5, 0.6) is 0 Å². The van der Waals surface area contributed by atoms with Crippen molar-refractivity contribution >= 4 is 18.6 Å². The molecule has 0 radical (unpaired) electrons. The minimum absolute atomic E-state index is 0.0249. The van der Waals surface area contributed by atoms with Crippen LogP contribution in [0.4, 0.5) is 0 Å². The molecular formula is C9H14N4O3. The van der Waals surface area contributed by atoms with Crippen molar-refractivity contribution in [1.29, 1.82) is 0 Å². The highest BCUT2D eigenvalue weighted by molar-refractivity contribution is 5.96. The molecule has 3 N–H and O–H groups in total. The third-order valence-corrected chi connectivity index (χ3v) is 2.75. The molecule has 88 valence electrons. The molecule has 0 aromatic rings. The molecule has 1 amide bonds. The first-order chi connectivity index (χ1) is 7.77. The fourth-order valence-electron chi connectivity index (χ4n) is 1.88. The normalized spacial score (nSPS) is 29.1. The van der Waals surface area contributed by atoms with E-state index < -0.39 is 12.2 Å². The predicted octanol–water partition coefficient (Wildman–Crippen LogP) is -2.07. The highest BCUT2D eigenvalue weighted by Gasteiger charge is 2.39. The monoisotopic (exact) mass is 226 g/mol. The third-order valence-electron chi connectivity index (χ3n) is 2.75. The lowest BCUT2D eigenvalue weighted by Crippen LogP contribution is -2.51. The molecule has 0 spiro atoms. The van der Waals surface area contributed by atoms with E-state index in [1.807, 2.05) is 0 Å². The first-order valence-corrected chi connectivity index (χ1v) is 5.12. The molecule has 3 unspecified atom stereocenters. The second kappa shape index (κ2) is 4.58. The van der Waals surface area contributed by atoms with Crippen molar-refractivity contribution in [2.45, 2.75) is 24.7 Å². The van der Waals surface area contributed by atoms with Crippen molar-refractivity contribution < 1.29 is 15.0 Å². The number of fused-ring (bicyclic) bond motifs is 1. The van der Waals surface area contributed by atoms with Crippen molar-refractivity contribution in [2.75, 3.05) is 13.2 Å². The van der Waals surface area contributed by atoms with Crippen molar-refractivity contribution in [2.24, 2.45) is 9.98 Å². The van der Waals surface area contributed by atoms with Gasteiger partial charge in [-0.25, -0.2) is 4.99 Å². The van der Waals surface area contributed by atoms with Gasteiger partial charge in [0.1, 0.15) is 0 Å². The lowest BCUT2D eigenvalue weighted by atomic mass is 10.1. The molecule has 0 aromatic heterocycles. The number of carbonyl (C=O) groups excluding carboxylic acids is 1. The van der Waals surface area contributed by atoms with E-state index in [1.54, 1.807) is 4.90 Å². The van der Waals surface area contributed by atoms with Crippen LogP contribution in [0.25, 0.3) is 0 Å². The van der Waals surface area contributed by atoms with Gasteiger partial charge in [-0.05, 0) is 6.42 Å². The van der Waals surface area contributed by atoms with Gasteiger partial charge in [0, 0.05) is 6.61 Å². The zero-order valence-electron chi connectivity index (χ0n) is 8.65. The summed E-state index contributed by atoms with van der Waals surface area (Å²) in [5.41, 5.74) is 0. The van der Waals surface area contributed by atoms with E-state index in [-0.39, 0.29) is 25.2 Å². The molecule has 16 heavy (non-hydrogen) atoms. The molecule has 2 aliphatic rings. The average molecular weight is 226 g/mol. The van der Waals surface area contributed by atoms with Crippen LogP contribution < -0.4 is 5.32 Å². The first-order valence-electron chi connectivity index (χ1n) is 5.12. The van der Waals surface area contributed by atoms with Gasteiger partial charge in [0.25, 0.3) is 5.91 Å². The van der Waals surface area contributed by atoms with E-state index in [4.69, 9.17) is 5.11 Å². The number of aliphatic hydroxyl groups is 2. The lowest BCUT2D eigenvalue weighted by Gasteiger charge is -2.31. The number of rotatable bonds is 4. The van der Waals surface area contributed by atoms with Crippen LogP contribution in [0, 0.1) is 0 Å². The fraction of sp³-hybridized carbons (Fsp3) is 0.667. The molecule has 0 aliphatic carbocycles. The van der Waals surface area contributed by atoms with E-state index in [9.17, 15) is 9.90 Å². The Labute approximate surface area is 92.5 Å². The van der Waals surface area contributed by atoms with Crippen LogP contribution in [0.3, 0.4) is 0 Å². The zero-order valence-corrected chi connectivity index (χ0v) is 8.65. The van der Waals surface area contributed by atoms with Crippen molar-refractivity contribution in [3.8, 4) is 0 Å². The maximum absolute atomic E-state index is 11.4. The van der Waals surface area contributed by atoms with Gasteiger partial charge in [0.15, 0.2) is 12.2 Å². The van der Waals surface area contributed by atoms with E-state index in [2.05, 4.69) is 15.3 Å². The standard InChI is InChI=1S/C9H14N4O3/c14-2-1-6(3-15)13-5-12-7-8(13)10-4-11-9(7)16/h4-8,14-15H,1-3H2,(H,10,11,16). The Bertz CT molecular complexity index is 331. The van der Waals surface area contributed by atoms with E-state index in [0.717, 1.165) is 0 Å². The largest absolute Gasteiger partial charge is 0.396 e. The summed E-state index contributed by atoms with van der Waals surface area (Å²) in [5.74, 6) is -0.195. The van der Waals surface area contributed by atoms with Crippen LogP contribution in [-0.4, -0.2) is 65.2 Å². The number of nitrogens with zero attached hydrogens (tertiary/aromatic N) is 3. The minimum atomic E-state index is -0.544. The Morgan fingerprint density at radius 2 is 2.31 bits per heavy atom. The summed E-state index contributed by atoms with van der Waals surface area (Å²) in [6.45, 7) is -0.129. The maximum atomic E-state index is 11.4. The summed E-state index contributed by atoms with van der Waals surface area (Å²) in [5, 5.41) is 20.6. The highest BCUT2D eigenvalue weighted by Crippen LogP contribution is 2.20. The van der Waals surface area contributed by atoms with Crippen LogP contribution in [0.15, 0.2) is 9.98 Å². The summed E-state index contributed by atoms with van der Waals surface area (Å²) < 4.78 is 0. The molecule has 7 nitrogen and oxygen atoms in total. The molecule has 7 heteroatoms. The summed E-state index contributed by atoms with van der Waals surface area (Å²) in [7, 11) is 0. The van der Waals surface area contributed by atoms with E-state index in [1.165, 1.54) is 12.7 Å². The molecule has 0 bridgehead atoms. The maximum Gasteiger partial charge on any atom is 0.254 e. The Morgan fingerprint density at radius 3 is 3.00 bits per heavy atom. The topological polar surface area (TPSA) is 97.5 Å². The summed E-state index contributed by atoms with van der Waals surface area (Å²) in [6.07, 6.45) is 2.90. The molecule has 3 atom stereocenters. The van der Waals surface area contributed by atoms with Gasteiger partial charge in [-0.3, -0.25) is 9.79 Å². The molecule has 0 aromatic carbocycles. The molecule has 0 saturated heterocycles. The average Bonchev–Trinajstić information content (AvgIpc) is 2.71. The van der Waals surface area contributed by atoms with E-state index >= 15 is 0 Å². The number of amides is 1. The van der Waals surface area contributed by atoms with Gasteiger partial charge >= 0.3 is 0 Å². The molecule has 2 rings (SSSR count). The fourth-order valence-corrected chi connectivity index (χ4v) is 1.88.